The van der Waals surface area contributed by atoms with E-state index in [0.29, 0.717) is 5.92 Å². The van der Waals surface area contributed by atoms with Gasteiger partial charge in [-0.3, -0.25) is 0 Å². The van der Waals surface area contributed by atoms with Gasteiger partial charge in [-0.25, -0.2) is 0 Å². The van der Waals surface area contributed by atoms with Crippen LogP contribution in [0.15, 0.2) is 24.3 Å². The first-order chi connectivity index (χ1) is 14.0. The van der Waals surface area contributed by atoms with E-state index >= 15 is 0 Å². The fourth-order valence-electron chi connectivity index (χ4n) is 5.05. The van der Waals surface area contributed by atoms with E-state index in [2.05, 4.69) is 40.4 Å². The monoisotopic (exact) mass is 420 g/mol. The SMILES string of the molecule is Cn1c(CCCCN2C[C@@H]3C[C@]3(c3ccc(C(F)(F)F)cc3)C2)nnc1C(C)(C)C. The Labute approximate surface area is 176 Å². The van der Waals surface area contributed by atoms with Crippen LogP contribution in [0.5, 0.6) is 0 Å². The van der Waals surface area contributed by atoms with Crippen molar-refractivity contribution in [3.05, 3.63) is 47.0 Å². The lowest BCUT2D eigenvalue weighted by atomic mass is 9.94. The molecule has 1 saturated carbocycles. The second-order valence-corrected chi connectivity index (χ2v) is 10.1. The van der Waals surface area contributed by atoms with Crippen molar-refractivity contribution in [1.29, 1.82) is 0 Å². The number of piperidine rings is 1. The molecule has 0 radical (unpaired) electrons. The maximum Gasteiger partial charge on any atom is 0.416 e. The topological polar surface area (TPSA) is 34.0 Å². The minimum Gasteiger partial charge on any atom is -0.318 e. The minimum absolute atomic E-state index is 0.0107. The summed E-state index contributed by atoms with van der Waals surface area (Å²) in [7, 11) is 2.04. The van der Waals surface area contributed by atoms with Crippen LogP contribution in [0.3, 0.4) is 0 Å². The van der Waals surface area contributed by atoms with Gasteiger partial charge in [-0.15, -0.1) is 10.2 Å². The zero-order valence-corrected chi connectivity index (χ0v) is 18.3. The summed E-state index contributed by atoms with van der Waals surface area (Å²) in [5, 5.41) is 8.72. The first-order valence-electron chi connectivity index (χ1n) is 10.8. The number of unbranched alkanes of at least 4 members (excludes halogenated alkanes) is 1. The van der Waals surface area contributed by atoms with E-state index in [0.717, 1.165) is 62.5 Å². The smallest absolute Gasteiger partial charge is 0.318 e. The second kappa shape index (κ2) is 7.36. The first kappa shape index (κ1) is 21.3. The van der Waals surface area contributed by atoms with Crippen LogP contribution in [0.25, 0.3) is 0 Å². The molecule has 0 unspecified atom stereocenters. The highest BCUT2D eigenvalue weighted by Crippen LogP contribution is 2.59. The first-order valence-corrected chi connectivity index (χ1v) is 10.8. The van der Waals surface area contributed by atoms with Crippen molar-refractivity contribution in [2.24, 2.45) is 13.0 Å². The lowest BCUT2D eigenvalue weighted by Gasteiger charge is -2.21. The summed E-state index contributed by atoms with van der Waals surface area (Å²) in [5.74, 6) is 2.63. The van der Waals surface area contributed by atoms with Crippen LogP contribution >= 0.6 is 0 Å². The molecule has 1 saturated heterocycles. The summed E-state index contributed by atoms with van der Waals surface area (Å²) in [5.41, 5.74) is 0.573. The molecule has 1 aliphatic carbocycles. The average Bonchev–Trinajstić information content (AvgIpc) is 3.02. The van der Waals surface area contributed by atoms with Gasteiger partial charge in [-0.05, 0) is 49.4 Å². The summed E-state index contributed by atoms with van der Waals surface area (Å²) in [6.07, 6.45) is -0.0976. The zero-order chi connectivity index (χ0) is 21.7. The van der Waals surface area contributed by atoms with Gasteiger partial charge in [0.05, 0.1) is 5.56 Å². The highest BCUT2D eigenvalue weighted by atomic mass is 19.4. The van der Waals surface area contributed by atoms with Crippen molar-refractivity contribution < 1.29 is 13.2 Å². The number of likely N-dealkylation sites (tertiary alicyclic amines) is 1. The van der Waals surface area contributed by atoms with E-state index in [-0.39, 0.29) is 10.8 Å². The van der Waals surface area contributed by atoms with Crippen LogP contribution in [0.4, 0.5) is 13.2 Å². The molecule has 2 heterocycles. The van der Waals surface area contributed by atoms with Crippen LogP contribution in [0, 0.1) is 5.92 Å². The quantitative estimate of drug-likeness (QED) is 0.634. The van der Waals surface area contributed by atoms with Crippen LogP contribution in [0.1, 0.15) is 62.8 Å². The molecule has 2 atom stereocenters. The average molecular weight is 421 g/mol. The molecule has 164 valence electrons. The molecule has 1 aromatic heterocycles. The summed E-state index contributed by atoms with van der Waals surface area (Å²) >= 11 is 0. The molecular formula is C23H31F3N4. The van der Waals surface area contributed by atoms with Gasteiger partial charge >= 0.3 is 6.18 Å². The third-order valence-electron chi connectivity index (χ3n) is 6.76. The molecule has 4 rings (SSSR count). The van der Waals surface area contributed by atoms with Crippen molar-refractivity contribution in [3.8, 4) is 0 Å². The normalized spacial score (nSPS) is 24.3. The lowest BCUT2D eigenvalue weighted by Crippen LogP contribution is -2.27. The van der Waals surface area contributed by atoms with Gasteiger partial charge in [0, 0.05) is 37.4 Å². The molecule has 1 aromatic carbocycles. The van der Waals surface area contributed by atoms with E-state index in [4.69, 9.17) is 0 Å². The van der Waals surface area contributed by atoms with E-state index in [1.807, 2.05) is 7.05 Å². The number of hydrogen-bond donors (Lipinski definition) is 0. The third-order valence-corrected chi connectivity index (χ3v) is 6.76. The molecule has 0 bridgehead atoms. The van der Waals surface area contributed by atoms with E-state index in [1.165, 1.54) is 12.1 Å². The molecule has 0 spiro atoms. The number of aromatic nitrogens is 3. The maximum atomic E-state index is 12.8. The highest BCUT2D eigenvalue weighted by molar-refractivity contribution is 5.39. The van der Waals surface area contributed by atoms with Gasteiger partial charge in [0.15, 0.2) is 0 Å². The number of hydrogen-bond acceptors (Lipinski definition) is 3. The lowest BCUT2D eigenvalue weighted by molar-refractivity contribution is -0.137. The molecule has 1 aliphatic heterocycles. The Balaban J connectivity index is 1.27. The fourth-order valence-corrected chi connectivity index (χ4v) is 5.05. The molecule has 30 heavy (non-hydrogen) atoms. The Kier molecular flexibility index (Phi) is 5.24. The number of halogens is 3. The Morgan fingerprint density at radius 3 is 2.37 bits per heavy atom. The minimum atomic E-state index is -4.27. The van der Waals surface area contributed by atoms with Crippen molar-refractivity contribution >= 4 is 0 Å². The van der Waals surface area contributed by atoms with Crippen LogP contribution in [0.2, 0.25) is 0 Å². The number of aryl methyl sites for hydroxylation is 1. The number of nitrogens with zero attached hydrogens (tertiary/aromatic N) is 4. The van der Waals surface area contributed by atoms with Crippen LogP contribution < -0.4 is 0 Å². The molecule has 0 N–H and O–H groups in total. The summed E-state index contributed by atoms with van der Waals surface area (Å²) < 4.78 is 40.6. The Morgan fingerprint density at radius 2 is 1.77 bits per heavy atom. The van der Waals surface area contributed by atoms with Gasteiger partial charge in [0.2, 0.25) is 0 Å². The standard InChI is InChI=1S/C23H31F3N4/c1-21(2,3)20-28-27-19(29(20)4)7-5-6-12-30-14-18-13-22(18,15-30)16-8-10-17(11-9-16)23(24,25)26/h8-11,18H,5-7,12-15H2,1-4H3/t18-,22+/m0/s1. The van der Waals surface area contributed by atoms with E-state index in [1.54, 1.807) is 12.1 Å². The predicted octanol–water partition coefficient (Wildman–Crippen LogP) is 4.73. The van der Waals surface area contributed by atoms with Gasteiger partial charge < -0.3 is 9.47 Å². The van der Waals surface area contributed by atoms with Gasteiger partial charge in [-0.1, -0.05) is 32.9 Å². The predicted molar refractivity (Wildman–Crippen MR) is 110 cm³/mol. The Bertz CT molecular complexity index is 895. The van der Waals surface area contributed by atoms with Crippen molar-refractivity contribution in [3.63, 3.8) is 0 Å². The molecule has 2 aromatic rings. The second-order valence-electron chi connectivity index (χ2n) is 10.1. The van der Waals surface area contributed by atoms with Crippen molar-refractivity contribution in [1.82, 2.24) is 19.7 Å². The summed E-state index contributed by atoms with van der Waals surface area (Å²) in [6.45, 7) is 9.48. The largest absolute Gasteiger partial charge is 0.416 e. The molecule has 0 amide bonds. The zero-order valence-electron chi connectivity index (χ0n) is 18.3. The van der Waals surface area contributed by atoms with Gasteiger partial charge in [0.1, 0.15) is 11.6 Å². The third kappa shape index (κ3) is 4.01. The Morgan fingerprint density at radius 1 is 1.07 bits per heavy atom. The van der Waals surface area contributed by atoms with Crippen molar-refractivity contribution in [2.75, 3.05) is 19.6 Å². The van der Waals surface area contributed by atoms with Gasteiger partial charge in [-0.2, -0.15) is 13.2 Å². The molecule has 2 aliphatic rings. The maximum absolute atomic E-state index is 12.8. The number of fused-ring (bicyclic) bond motifs is 1. The van der Waals surface area contributed by atoms with E-state index in [9.17, 15) is 13.2 Å². The molecular weight excluding hydrogens is 389 g/mol. The highest BCUT2D eigenvalue weighted by Gasteiger charge is 2.60. The van der Waals surface area contributed by atoms with Crippen molar-refractivity contribution in [2.45, 2.75) is 63.5 Å². The Hall–Kier alpha value is -1.89. The van der Waals surface area contributed by atoms with Crippen LogP contribution in [-0.2, 0) is 30.5 Å². The fraction of sp³-hybridized carbons (Fsp3) is 0.652. The molecule has 7 heteroatoms. The number of alkyl halides is 3. The molecule has 2 fully saturated rings. The summed E-state index contributed by atoms with van der Waals surface area (Å²) in [4.78, 5) is 2.48. The van der Waals surface area contributed by atoms with Gasteiger partial charge in [0.25, 0.3) is 0 Å². The molecule has 4 nitrogen and oxygen atoms in total. The van der Waals surface area contributed by atoms with E-state index < -0.39 is 11.7 Å². The summed E-state index contributed by atoms with van der Waals surface area (Å²) in [6, 6.07) is 5.84. The number of benzene rings is 1. The number of rotatable bonds is 6. The van der Waals surface area contributed by atoms with Crippen LogP contribution in [-0.4, -0.2) is 39.3 Å².